The monoisotopic (exact) mass is 528 g/mol. The van der Waals surface area contributed by atoms with E-state index in [0.29, 0.717) is 65.0 Å². The summed E-state index contributed by atoms with van der Waals surface area (Å²) in [5, 5.41) is 0. The van der Waals surface area contributed by atoms with Crippen molar-refractivity contribution >= 4 is 28.3 Å². The highest BCUT2D eigenvalue weighted by Gasteiger charge is 2.08. The van der Waals surface area contributed by atoms with Crippen LogP contribution in [0.3, 0.4) is 0 Å². The van der Waals surface area contributed by atoms with Gasteiger partial charge < -0.3 is 51.6 Å². The summed E-state index contributed by atoms with van der Waals surface area (Å²) < 4.78 is 66.3. The van der Waals surface area contributed by atoms with Gasteiger partial charge in [0.15, 0.2) is 0 Å². The fourth-order valence-electron chi connectivity index (χ4n) is 1.73. The van der Waals surface area contributed by atoms with Gasteiger partial charge in [0, 0.05) is 7.11 Å². The molecule has 0 aliphatic rings. The van der Waals surface area contributed by atoms with E-state index >= 15 is 0 Å². The molecule has 0 aromatic heterocycles. The van der Waals surface area contributed by atoms with Crippen LogP contribution in [0.15, 0.2) is 0 Å². The summed E-state index contributed by atoms with van der Waals surface area (Å²) in [7, 11) is -7.46. The minimum atomic E-state index is -4.28. The van der Waals surface area contributed by atoms with Crippen LogP contribution in [0.5, 0.6) is 0 Å². The number of phosphoric acid groups is 2. The fourth-order valence-corrected chi connectivity index (χ4v) is 2.99. The standard InChI is InChI=1S/C16H36O13P2S/c1-21-30(17,18)28-14-12-25-10-8-23-6-4-22-5-7-24-9-11-26-13-15-29-31(19,20)27-3-2-16-32/h32H,2-16H2,1H3,(H,17,18)(H,19,20)/p-2. The lowest BCUT2D eigenvalue weighted by molar-refractivity contribution is -0.226. The van der Waals surface area contributed by atoms with Crippen LogP contribution in [-0.2, 0) is 50.9 Å². The van der Waals surface area contributed by atoms with Gasteiger partial charge in [-0.05, 0) is 12.2 Å². The lowest BCUT2D eigenvalue weighted by atomic mass is 10.5. The maximum atomic E-state index is 11.3. The van der Waals surface area contributed by atoms with E-state index in [9.17, 15) is 18.9 Å². The molecule has 0 saturated heterocycles. The molecule has 0 aliphatic heterocycles. The minimum absolute atomic E-state index is 0.0448. The Morgan fingerprint density at radius 2 is 0.875 bits per heavy atom. The summed E-state index contributed by atoms with van der Waals surface area (Å²) >= 11 is 3.95. The van der Waals surface area contributed by atoms with Gasteiger partial charge in [-0.2, -0.15) is 12.6 Å². The van der Waals surface area contributed by atoms with E-state index in [2.05, 4.69) is 30.7 Å². The van der Waals surface area contributed by atoms with E-state index in [-0.39, 0.29) is 33.0 Å². The quantitative estimate of drug-likeness (QED) is 0.0959. The molecule has 0 fully saturated rings. The first-order valence-electron chi connectivity index (χ1n) is 9.94. The van der Waals surface area contributed by atoms with Gasteiger partial charge in [0.2, 0.25) is 0 Å². The Hall–Kier alpha value is 0.370. The normalized spacial score (nSPS) is 15.5. The van der Waals surface area contributed by atoms with Gasteiger partial charge in [0.1, 0.15) is 0 Å². The predicted molar refractivity (Wildman–Crippen MR) is 113 cm³/mol. The summed E-state index contributed by atoms with van der Waals surface area (Å²) in [6.07, 6.45) is 0.516. The smallest absolute Gasteiger partial charge is 0.267 e. The first kappa shape index (κ1) is 32.4. The maximum Gasteiger partial charge on any atom is 0.267 e. The van der Waals surface area contributed by atoms with Crippen LogP contribution in [0.25, 0.3) is 0 Å². The van der Waals surface area contributed by atoms with Gasteiger partial charge in [-0.15, -0.1) is 0 Å². The van der Waals surface area contributed by atoms with Gasteiger partial charge in [-0.1, -0.05) is 0 Å². The molecular weight excluding hydrogens is 494 g/mol. The summed E-state index contributed by atoms with van der Waals surface area (Å²) in [6.45, 7) is 2.79. The summed E-state index contributed by atoms with van der Waals surface area (Å²) in [5.41, 5.74) is 0. The van der Waals surface area contributed by atoms with Crippen LogP contribution in [-0.4, -0.2) is 98.8 Å². The topological polar surface area (TPSA) is 163 Å². The van der Waals surface area contributed by atoms with Crippen molar-refractivity contribution in [2.75, 3.05) is 98.8 Å². The van der Waals surface area contributed by atoms with Crippen LogP contribution in [0, 0.1) is 0 Å². The average Bonchev–Trinajstić information content (AvgIpc) is 2.75. The zero-order valence-electron chi connectivity index (χ0n) is 18.3. The lowest BCUT2D eigenvalue weighted by Crippen LogP contribution is -2.15. The molecule has 32 heavy (non-hydrogen) atoms. The first-order valence-corrected chi connectivity index (χ1v) is 13.5. The van der Waals surface area contributed by atoms with E-state index < -0.39 is 15.6 Å². The molecule has 0 N–H and O–H groups in total. The molecule has 0 heterocycles. The highest BCUT2D eigenvalue weighted by molar-refractivity contribution is 7.80. The number of ether oxygens (including phenoxy) is 5. The largest absolute Gasteiger partial charge is 0.756 e. The number of hydrogen-bond donors (Lipinski definition) is 1. The summed E-state index contributed by atoms with van der Waals surface area (Å²) in [4.78, 5) is 22.2. The number of phosphoric ester groups is 2. The minimum Gasteiger partial charge on any atom is -0.756 e. The zero-order valence-corrected chi connectivity index (χ0v) is 20.9. The molecule has 13 nitrogen and oxygen atoms in total. The Morgan fingerprint density at radius 1 is 0.562 bits per heavy atom. The van der Waals surface area contributed by atoms with Crippen molar-refractivity contribution < 1.29 is 60.7 Å². The first-order chi connectivity index (χ1) is 15.3. The molecular formula is C16H34O13P2S-2. The van der Waals surface area contributed by atoms with Gasteiger partial charge in [0.25, 0.3) is 15.6 Å². The highest BCUT2D eigenvalue weighted by Crippen LogP contribution is 2.38. The third-order valence-electron chi connectivity index (χ3n) is 3.22. The van der Waals surface area contributed by atoms with Crippen LogP contribution < -0.4 is 9.79 Å². The highest BCUT2D eigenvalue weighted by atomic mass is 32.1. The third-order valence-corrected chi connectivity index (χ3v) is 5.48. The van der Waals surface area contributed by atoms with E-state index in [4.69, 9.17) is 23.7 Å². The van der Waals surface area contributed by atoms with Crippen molar-refractivity contribution in [3.63, 3.8) is 0 Å². The molecule has 0 saturated carbocycles. The zero-order chi connectivity index (χ0) is 24.0. The lowest BCUT2D eigenvalue weighted by Gasteiger charge is -2.22. The molecule has 0 aromatic rings. The van der Waals surface area contributed by atoms with Gasteiger partial charge in [-0.3, -0.25) is 9.13 Å². The number of thiol groups is 1. The molecule has 0 aromatic carbocycles. The summed E-state index contributed by atoms with van der Waals surface area (Å²) in [6, 6.07) is 0. The molecule has 2 atom stereocenters. The fraction of sp³-hybridized carbons (Fsp3) is 1.00. The molecule has 194 valence electrons. The number of rotatable bonds is 25. The van der Waals surface area contributed by atoms with Gasteiger partial charge in [0.05, 0.1) is 85.9 Å². The van der Waals surface area contributed by atoms with Crippen LogP contribution >= 0.6 is 28.3 Å². The Morgan fingerprint density at radius 3 is 1.22 bits per heavy atom. The maximum absolute atomic E-state index is 11.3. The molecule has 16 heteroatoms. The van der Waals surface area contributed by atoms with Crippen molar-refractivity contribution in [2.24, 2.45) is 0 Å². The van der Waals surface area contributed by atoms with E-state index in [1.165, 1.54) is 0 Å². The Labute approximate surface area is 194 Å². The van der Waals surface area contributed by atoms with Crippen molar-refractivity contribution in [1.29, 1.82) is 0 Å². The van der Waals surface area contributed by atoms with Crippen molar-refractivity contribution in [2.45, 2.75) is 6.42 Å². The summed E-state index contributed by atoms with van der Waals surface area (Å²) in [5.74, 6) is 0.531. The molecule has 0 amide bonds. The molecule has 0 bridgehead atoms. The predicted octanol–water partition coefficient (Wildman–Crippen LogP) is 0.0223. The molecule has 0 rings (SSSR count). The SMILES string of the molecule is COP(=O)([O-])OCCOCCOCCOCCOCCOCCOP(=O)([O-])OCCCS. The van der Waals surface area contributed by atoms with Gasteiger partial charge in [-0.25, -0.2) is 0 Å². The second kappa shape index (κ2) is 21.9. The van der Waals surface area contributed by atoms with Crippen molar-refractivity contribution in [3.8, 4) is 0 Å². The molecule has 0 spiro atoms. The van der Waals surface area contributed by atoms with Crippen LogP contribution in [0.1, 0.15) is 6.42 Å². The van der Waals surface area contributed by atoms with E-state index in [1.54, 1.807) is 0 Å². The Kier molecular flexibility index (Phi) is 22.1. The van der Waals surface area contributed by atoms with Crippen molar-refractivity contribution in [3.05, 3.63) is 0 Å². The van der Waals surface area contributed by atoms with Crippen molar-refractivity contribution in [1.82, 2.24) is 0 Å². The second-order valence-corrected chi connectivity index (χ2v) is 9.09. The third kappa shape index (κ3) is 23.5. The Bertz CT molecular complexity index is 514. The average molecular weight is 528 g/mol. The van der Waals surface area contributed by atoms with Crippen LogP contribution in [0.4, 0.5) is 0 Å². The Balaban J connectivity index is 3.22. The van der Waals surface area contributed by atoms with E-state index in [1.807, 2.05) is 0 Å². The molecule has 0 radical (unpaired) electrons. The van der Waals surface area contributed by atoms with E-state index in [0.717, 1.165) is 7.11 Å². The second-order valence-electron chi connectivity index (χ2n) is 5.72. The number of hydrogen-bond acceptors (Lipinski definition) is 14. The van der Waals surface area contributed by atoms with Gasteiger partial charge >= 0.3 is 0 Å². The van der Waals surface area contributed by atoms with Crippen LogP contribution in [0.2, 0.25) is 0 Å². The molecule has 0 aliphatic carbocycles. The molecule has 2 unspecified atom stereocenters.